The van der Waals surface area contributed by atoms with Gasteiger partial charge in [-0.3, -0.25) is 14.4 Å². The molecular weight excluding hydrogens is 416 g/mol. The number of benzene rings is 1. The van der Waals surface area contributed by atoms with Gasteiger partial charge in [-0.2, -0.15) is 0 Å². The number of nitrogens with two attached hydrogens (primary N) is 1. The molecule has 0 spiro atoms. The molecule has 0 atom stereocenters. The van der Waals surface area contributed by atoms with Gasteiger partial charge in [0.25, 0.3) is 0 Å². The normalized spacial score (nSPS) is 13.4. The van der Waals surface area contributed by atoms with Crippen LogP contribution in [0, 0.1) is 5.41 Å². The second-order valence-corrected chi connectivity index (χ2v) is 6.97. The Balaban J connectivity index is 0.000000911. The van der Waals surface area contributed by atoms with Crippen LogP contribution in [0.25, 0.3) is 0 Å². The summed E-state index contributed by atoms with van der Waals surface area (Å²) in [6, 6.07) is 6.18. The predicted octanol–water partition coefficient (Wildman–Crippen LogP) is 1.97. The van der Waals surface area contributed by atoms with E-state index in [0.717, 1.165) is 12.0 Å². The van der Waals surface area contributed by atoms with Crippen LogP contribution in [0.5, 0.6) is 0 Å². The molecule has 180 valence electrons. The number of urea groups is 1. The van der Waals surface area contributed by atoms with Crippen LogP contribution in [0.3, 0.4) is 0 Å². The third-order valence-corrected chi connectivity index (χ3v) is 4.68. The Hall–Kier alpha value is -3.14. The zero-order valence-electron chi connectivity index (χ0n) is 19.1. The Morgan fingerprint density at radius 2 is 1.59 bits per heavy atom. The standard InChI is InChI=1S/C16H20N2O5.C4H10N2O.C2H6/c19-10-11-3-5-12(6-4-11)18-13(20)9-17-14(21)16(15(22)23)7-1-2-8-16;1-2-3-6-4(5)7;1-2/h3-6,19H,1-2,7-10H2,(H,17,21)(H,18,20)(H,22,23);2-3H2,1H3,(H3,5,6,7);1-2H3. The maximum atomic E-state index is 12.1. The van der Waals surface area contributed by atoms with Gasteiger partial charge in [-0.25, -0.2) is 4.79 Å². The van der Waals surface area contributed by atoms with Crippen molar-refractivity contribution in [3.63, 3.8) is 0 Å². The summed E-state index contributed by atoms with van der Waals surface area (Å²) in [5, 5.41) is 25.7. The summed E-state index contributed by atoms with van der Waals surface area (Å²) in [7, 11) is 0. The molecule has 1 fully saturated rings. The number of hydrogen-bond donors (Lipinski definition) is 6. The summed E-state index contributed by atoms with van der Waals surface area (Å²) in [4.78, 5) is 45.2. The first-order valence-corrected chi connectivity index (χ1v) is 10.8. The van der Waals surface area contributed by atoms with Crippen molar-refractivity contribution < 1.29 is 29.4 Å². The van der Waals surface area contributed by atoms with Crippen molar-refractivity contribution in [3.05, 3.63) is 29.8 Å². The fraction of sp³-hybridized carbons (Fsp3) is 0.545. The van der Waals surface area contributed by atoms with Crippen LogP contribution in [-0.2, 0) is 21.0 Å². The van der Waals surface area contributed by atoms with E-state index in [1.165, 1.54) is 0 Å². The Kier molecular flexibility index (Phi) is 14.1. The number of aliphatic carboxylic acids is 1. The fourth-order valence-electron chi connectivity index (χ4n) is 2.99. The SMILES string of the molecule is CC.CCCNC(N)=O.O=C(CNC(=O)C1(C(=O)O)CCCC1)Nc1ccc(CO)cc1. The lowest BCUT2D eigenvalue weighted by atomic mass is 9.85. The molecule has 1 aliphatic rings. The van der Waals surface area contributed by atoms with Gasteiger partial charge in [-0.15, -0.1) is 0 Å². The molecule has 0 radical (unpaired) electrons. The molecule has 7 N–H and O–H groups in total. The van der Waals surface area contributed by atoms with Crippen LogP contribution in [0.1, 0.15) is 58.4 Å². The fourth-order valence-corrected chi connectivity index (χ4v) is 2.99. The summed E-state index contributed by atoms with van der Waals surface area (Å²) in [6.45, 7) is 6.28. The maximum absolute atomic E-state index is 12.1. The van der Waals surface area contributed by atoms with Gasteiger partial charge in [-0.1, -0.05) is 45.7 Å². The first-order chi connectivity index (χ1) is 15.2. The zero-order valence-corrected chi connectivity index (χ0v) is 19.1. The summed E-state index contributed by atoms with van der Waals surface area (Å²) in [5.74, 6) is -2.17. The number of carbonyl (C=O) groups excluding carboxylic acids is 3. The van der Waals surface area contributed by atoms with Crippen molar-refractivity contribution in [2.45, 2.75) is 59.5 Å². The third-order valence-electron chi connectivity index (χ3n) is 4.68. The maximum Gasteiger partial charge on any atom is 0.319 e. The van der Waals surface area contributed by atoms with Gasteiger partial charge < -0.3 is 31.9 Å². The van der Waals surface area contributed by atoms with E-state index in [9.17, 15) is 24.3 Å². The van der Waals surface area contributed by atoms with Gasteiger partial charge in [0, 0.05) is 12.2 Å². The predicted molar refractivity (Wildman–Crippen MR) is 122 cm³/mol. The molecule has 0 saturated heterocycles. The van der Waals surface area contributed by atoms with E-state index in [-0.39, 0.29) is 13.2 Å². The molecule has 1 aliphatic carbocycles. The number of aliphatic hydroxyl groups is 1. The summed E-state index contributed by atoms with van der Waals surface area (Å²) >= 11 is 0. The average Bonchev–Trinajstić information content (AvgIpc) is 3.30. The van der Waals surface area contributed by atoms with Crippen LogP contribution < -0.4 is 21.7 Å². The van der Waals surface area contributed by atoms with Crippen molar-refractivity contribution in [2.24, 2.45) is 11.1 Å². The number of carboxylic acid groups (broad SMARTS) is 1. The zero-order chi connectivity index (χ0) is 24.6. The topological polar surface area (TPSA) is 171 Å². The molecular formula is C22H36N4O6. The molecule has 0 unspecified atom stereocenters. The molecule has 10 heteroatoms. The number of hydrogen-bond acceptors (Lipinski definition) is 5. The highest BCUT2D eigenvalue weighted by Gasteiger charge is 2.48. The lowest BCUT2D eigenvalue weighted by Gasteiger charge is -2.22. The number of anilines is 1. The molecule has 32 heavy (non-hydrogen) atoms. The van der Waals surface area contributed by atoms with Crippen molar-refractivity contribution in [2.75, 3.05) is 18.4 Å². The van der Waals surface area contributed by atoms with E-state index in [1.807, 2.05) is 20.8 Å². The summed E-state index contributed by atoms with van der Waals surface area (Å²) in [6.07, 6.45) is 2.94. The number of rotatable bonds is 8. The number of amides is 4. The van der Waals surface area contributed by atoms with Gasteiger partial charge in [-0.05, 0) is 37.0 Å². The monoisotopic (exact) mass is 452 g/mol. The number of primary amides is 1. The molecule has 0 heterocycles. The number of aliphatic hydroxyl groups excluding tert-OH is 1. The van der Waals surface area contributed by atoms with Crippen LogP contribution in [0.15, 0.2) is 24.3 Å². The highest BCUT2D eigenvalue weighted by Crippen LogP contribution is 2.38. The molecule has 0 bridgehead atoms. The minimum atomic E-state index is -1.40. The van der Waals surface area contributed by atoms with E-state index in [4.69, 9.17) is 10.8 Å². The molecule has 10 nitrogen and oxygen atoms in total. The first kappa shape index (κ1) is 28.9. The lowest BCUT2D eigenvalue weighted by Crippen LogP contribution is -2.46. The first-order valence-electron chi connectivity index (χ1n) is 10.8. The number of nitrogens with one attached hydrogen (secondary N) is 3. The van der Waals surface area contributed by atoms with E-state index in [0.29, 0.717) is 37.9 Å². The van der Waals surface area contributed by atoms with Crippen LogP contribution in [-0.4, -0.2) is 47.1 Å². The molecule has 4 amide bonds. The van der Waals surface area contributed by atoms with E-state index in [1.54, 1.807) is 24.3 Å². The third kappa shape index (κ3) is 9.78. The molecule has 0 aliphatic heterocycles. The highest BCUT2D eigenvalue weighted by atomic mass is 16.4. The quantitative estimate of drug-likeness (QED) is 0.329. The van der Waals surface area contributed by atoms with Gasteiger partial charge >= 0.3 is 12.0 Å². The van der Waals surface area contributed by atoms with Gasteiger partial charge in [0.1, 0.15) is 5.41 Å². The van der Waals surface area contributed by atoms with Crippen molar-refractivity contribution >= 4 is 29.5 Å². The largest absolute Gasteiger partial charge is 0.480 e. The summed E-state index contributed by atoms with van der Waals surface area (Å²) < 4.78 is 0. The van der Waals surface area contributed by atoms with Crippen molar-refractivity contribution in [1.29, 1.82) is 0 Å². The van der Waals surface area contributed by atoms with Gasteiger partial charge in [0.2, 0.25) is 11.8 Å². The molecule has 2 rings (SSSR count). The Morgan fingerprint density at radius 3 is 2.00 bits per heavy atom. The minimum Gasteiger partial charge on any atom is -0.480 e. The Morgan fingerprint density at radius 1 is 1.03 bits per heavy atom. The minimum absolute atomic E-state index is 0.0818. The Bertz CT molecular complexity index is 730. The van der Waals surface area contributed by atoms with Gasteiger partial charge in [0.05, 0.1) is 13.2 Å². The van der Waals surface area contributed by atoms with E-state index < -0.39 is 29.2 Å². The Labute approximate surface area is 189 Å². The van der Waals surface area contributed by atoms with Gasteiger partial charge in [0.15, 0.2) is 0 Å². The van der Waals surface area contributed by atoms with E-state index >= 15 is 0 Å². The van der Waals surface area contributed by atoms with Crippen LogP contribution in [0.2, 0.25) is 0 Å². The molecule has 1 aromatic rings. The number of carbonyl (C=O) groups is 4. The van der Waals surface area contributed by atoms with Crippen LogP contribution in [0.4, 0.5) is 10.5 Å². The lowest BCUT2D eigenvalue weighted by molar-refractivity contribution is -0.155. The molecule has 0 aromatic heterocycles. The second kappa shape index (κ2) is 15.6. The highest BCUT2D eigenvalue weighted by molar-refractivity contribution is 6.04. The summed E-state index contributed by atoms with van der Waals surface area (Å²) in [5.41, 5.74) is 4.59. The second-order valence-electron chi connectivity index (χ2n) is 6.97. The van der Waals surface area contributed by atoms with Crippen LogP contribution >= 0.6 is 0 Å². The van der Waals surface area contributed by atoms with Crippen molar-refractivity contribution in [3.8, 4) is 0 Å². The number of carboxylic acids is 1. The molecule has 1 aromatic carbocycles. The van der Waals surface area contributed by atoms with E-state index in [2.05, 4.69) is 16.0 Å². The smallest absolute Gasteiger partial charge is 0.319 e. The average molecular weight is 453 g/mol. The molecule has 1 saturated carbocycles. The van der Waals surface area contributed by atoms with Crippen molar-refractivity contribution in [1.82, 2.24) is 10.6 Å².